The number of hydrogen-bond donors (Lipinski definition) is 1. The third-order valence-electron chi connectivity index (χ3n) is 1.96. The van der Waals surface area contributed by atoms with E-state index in [4.69, 9.17) is 5.73 Å². The maximum Gasteiger partial charge on any atom is 0.0911 e. The summed E-state index contributed by atoms with van der Waals surface area (Å²) in [6, 6.07) is 7.57. The van der Waals surface area contributed by atoms with E-state index >= 15 is 0 Å². The second-order valence-corrected chi connectivity index (χ2v) is 3.06. The number of nitrogen functional groups attached to an aromatic ring is 1. The van der Waals surface area contributed by atoms with Gasteiger partial charge in [0.25, 0.3) is 0 Å². The molecule has 0 aliphatic heterocycles. The van der Waals surface area contributed by atoms with Crippen molar-refractivity contribution in [1.29, 1.82) is 0 Å². The molecule has 2 N–H and O–H groups in total. The van der Waals surface area contributed by atoms with Gasteiger partial charge in [0.15, 0.2) is 0 Å². The summed E-state index contributed by atoms with van der Waals surface area (Å²) in [6.45, 7) is 0.472. The molecule has 0 saturated heterocycles. The number of halogens is 1. The number of alkyl halides is 1. The molecule has 0 saturated carbocycles. The summed E-state index contributed by atoms with van der Waals surface area (Å²) in [5.41, 5.74) is 7.37. The fraction of sp³-hybridized carbons (Fsp3) is 0.400. The molecule has 0 aromatic heterocycles. The molecule has 13 heavy (non-hydrogen) atoms. The summed E-state index contributed by atoms with van der Waals surface area (Å²) < 4.78 is 11.9. The van der Waals surface area contributed by atoms with E-state index in [0.29, 0.717) is 6.42 Å². The second-order valence-electron chi connectivity index (χ2n) is 3.06. The number of rotatable bonds is 4. The molecule has 0 bridgehead atoms. The molecular formula is C10H15FN2. The molecule has 72 valence electrons. The Bertz CT molecular complexity index is 246. The van der Waals surface area contributed by atoms with Crippen LogP contribution in [0, 0.1) is 0 Å². The molecule has 1 rings (SSSR count). The number of nitrogens with zero attached hydrogens (tertiary/aromatic N) is 1. The highest BCUT2D eigenvalue weighted by Crippen LogP contribution is 2.14. The van der Waals surface area contributed by atoms with Crippen LogP contribution in [-0.2, 0) is 0 Å². The van der Waals surface area contributed by atoms with Gasteiger partial charge in [-0.3, -0.25) is 4.39 Å². The van der Waals surface area contributed by atoms with Crippen molar-refractivity contribution in [3.63, 3.8) is 0 Å². The number of anilines is 2. The highest BCUT2D eigenvalue weighted by Gasteiger charge is 1.98. The molecule has 0 fully saturated rings. The Balaban J connectivity index is 2.55. The average molecular weight is 182 g/mol. The lowest BCUT2D eigenvalue weighted by molar-refractivity contribution is 0.474. The summed E-state index contributed by atoms with van der Waals surface area (Å²) >= 11 is 0. The van der Waals surface area contributed by atoms with Gasteiger partial charge in [-0.2, -0.15) is 0 Å². The highest BCUT2D eigenvalue weighted by molar-refractivity contribution is 5.52. The van der Waals surface area contributed by atoms with Gasteiger partial charge >= 0.3 is 0 Å². The SMILES string of the molecule is CN(CCCF)c1ccc(N)cc1. The number of hydrogen-bond acceptors (Lipinski definition) is 2. The molecule has 0 unspecified atom stereocenters. The second kappa shape index (κ2) is 4.70. The van der Waals surface area contributed by atoms with E-state index in [9.17, 15) is 4.39 Å². The summed E-state index contributed by atoms with van der Waals surface area (Å²) in [6.07, 6.45) is 0.570. The van der Waals surface area contributed by atoms with Crippen molar-refractivity contribution >= 4 is 11.4 Å². The van der Waals surface area contributed by atoms with Crippen LogP contribution in [0.4, 0.5) is 15.8 Å². The Hall–Kier alpha value is -1.25. The van der Waals surface area contributed by atoms with Gasteiger partial charge in [-0.25, -0.2) is 0 Å². The van der Waals surface area contributed by atoms with E-state index in [2.05, 4.69) is 0 Å². The lowest BCUT2D eigenvalue weighted by Gasteiger charge is -2.18. The summed E-state index contributed by atoms with van der Waals surface area (Å²) in [5, 5.41) is 0. The van der Waals surface area contributed by atoms with Crippen molar-refractivity contribution in [1.82, 2.24) is 0 Å². The standard InChI is InChI=1S/C10H15FN2/c1-13(8-2-7-11)10-5-3-9(12)4-6-10/h3-6H,2,7-8,12H2,1H3. The number of nitrogens with two attached hydrogens (primary N) is 1. The molecule has 0 amide bonds. The Morgan fingerprint density at radius 2 is 1.92 bits per heavy atom. The van der Waals surface area contributed by atoms with Crippen LogP contribution in [-0.4, -0.2) is 20.3 Å². The summed E-state index contributed by atoms with van der Waals surface area (Å²) in [5.74, 6) is 0. The molecule has 0 aliphatic carbocycles. The van der Waals surface area contributed by atoms with Crippen molar-refractivity contribution in [3.8, 4) is 0 Å². The third kappa shape index (κ3) is 2.93. The molecule has 1 aromatic carbocycles. The first-order chi connectivity index (χ1) is 6.24. The van der Waals surface area contributed by atoms with Gasteiger partial charge in [-0.15, -0.1) is 0 Å². The van der Waals surface area contributed by atoms with Crippen LogP contribution < -0.4 is 10.6 Å². The Kier molecular flexibility index (Phi) is 3.55. The van der Waals surface area contributed by atoms with E-state index in [0.717, 1.165) is 17.9 Å². The van der Waals surface area contributed by atoms with Gasteiger partial charge in [0, 0.05) is 25.0 Å². The smallest absolute Gasteiger partial charge is 0.0911 e. The quantitative estimate of drug-likeness (QED) is 0.722. The predicted molar refractivity (Wildman–Crippen MR) is 54.7 cm³/mol. The van der Waals surface area contributed by atoms with Crippen LogP contribution in [0.15, 0.2) is 24.3 Å². The van der Waals surface area contributed by atoms with Crippen molar-refractivity contribution in [2.75, 3.05) is 30.9 Å². The number of benzene rings is 1. The van der Waals surface area contributed by atoms with Crippen molar-refractivity contribution in [3.05, 3.63) is 24.3 Å². The van der Waals surface area contributed by atoms with Gasteiger partial charge in [0.05, 0.1) is 6.67 Å². The molecular weight excluding hydrogens is 167 g/mol. The first-order valence-corrected chi connectivity index (χ1v) is 4.36. The van der Waals surface area contributed by atoms with Gasteiger partial charge in [-0.1, -0.05) is 0 Å². The first kappa shape index (κ1) is 9.84. The van der Waals surface area contributed by atoms with Crippen LogP contribution in [0.5, 0.6) is 0 Å². The minimum absolute atomic E-state index is 0.265. The maximum atomic E-state index is 11.9. The van der Waals surface area contributed by atoms with Crippen LogP contribution in [0.3, 0.4) is 0 Å². The van der Waals surface area contributed by atoms with Gasteiger partial charge < -0.3 is 10.6 Å². The molecule has 0 heterocycles. The highest BCUT2D eigenvalue weighted by atomic mass is 19.1. The van der Waals surface area contributed by atoms with Crippen molar-refractivity contribution in [2.24, 2.45) is 0 Å². The lowest BCUT2D eigenvalue weighted by Crippen LogP contribution is -2.18. The Morgan fingerprint density at radius 3 is 2.46 bits per heavy atom. The summed E-state index contributed by atoms with van der Waals surface area (Å²) in [4.78, 5) is 2.01. The zero-order valence-corrected chi connectivity index (χ0v) is 7.83. The van der Waals surface area contributed by atoms with Crippen molar-refractivity contribution in [2.45, 2.75) is 6.42 Å². The molecule has 1 aromatic rings. The van der Waals surface area contributed by atoms with Crippen LogP contribution >= 0.6 is 0 Å². The molecule has 2 nitrogen and oxygen atoms in total. The van der Waals surface area contributed by atoms with Crippen molar-refractivity contribution < 1.29 is 4.39 Å². The van der Waals surface area contributed by atoms with E-state index < -0.39 is 0 Å². The molecule has 3 heteroatoms. The maximum absolute atomic E-state index is 11.9. The largest absolute Gasteiger partial charge is 0.399 e. The van der Waals surface area contributed by atoms with Gasteiger partial charge in [0.1, 0.15) is 0 Å². The molecule has 0 atom stereocenters. The van der Waals surface area contributed by atoms with E-state index in [-0.39, 0.29) is 6.67 Å². The fourth-order valence-corrected chi connectivity index (χ4v) is 1.15. The zero-order valence-electron chi connectivity index (χ0n) is 7.83. The fourth-order valence-electron chi connectivity index (χ4n) is 1.15. The average Bonchev–Trinajstić information content (AvgIpc) is 2.15. The van der Waals surface area contributed by atoms with Crippen LogP contribution in [0.1, 0.15) is 6.42 Å². The minimum atomic E-state index is -0.265. The molecule has 0 aliphatic rings. The van der Waals surface area contributed by atoms with Gasteiger partial charge in [-0.05, 0) is 30.7 Å². The van der Waals surface area contributed by atoms with E-state index in [1.807, 2.05) is 36.2 Å². The minimum Gasteiger partial charge on any atom is -0.399 e. The van der Waals surface area contributed by atoms with Gasteiger partial charge in [0.2, 0.25) is 0 Å². The monoisotopic (exact) mass is 182 g/mol. The normalized spacial score (nSPS) is 10.0. The first-order valence-electron chi connectivity index (χ1n) is 4.36. The molecule has 0 radical (unpaired) electrons. The summed E-state index contributed by atoms with van der Waals surface area (Å²) in [7, 11) is 1.95. The van der Waals surface area contributed by atoms with E-state index in [1.165, 1.54) is 0 Å². The van der Waals surface area contributed by atoms with Crippen LogP contribution in [0.25, 0.3) is 0 Å². The Morgan fingerprint density at radius 1 is 1.31 bits per heavy atom. The topological polar surface area (TPSA) is 29.3 Å². The predicted octanol–water partition coefficient (Wildman–Crippen LogP) is 2.06. The lowest BCUT2D eigenvalue weighted by atomic mass is 10.2. The molecule has 0 spiro atoms. The van der Waals surface area contributed by atoms with Crippen LogP contribution in [0.2, 0.25) is 0 Å². The zero-order chi connectivity index (χ0) is 9.68. The Labute approximate surface area is 78.2 Å². The third-order valence-corrected chi connectivity index (χ3v) is 1.96. The van der Waals surface area contributed by atoms with E-state index in [1.54, 1.807) is 0 Å².